The van der Waals surface area contributed by atoms with E-state index in [9.17, 15) is 9.59 Å². The van der Waals surface area contributed by atoms with Crippen molar-refractivity contribution in [3.05, 3.63) is 59.7 Å². The minimum absolute atomic E-state index is 0.0924. The van der Waals surface area contributed by atoms with Crippen molar-refractivity contribution in [2.24, 2.45) is 0 Å². The topological polar surface area (TPSA) is 67.4 Å². The molecule has 1 aliphatic rings. The highest BCUT2D eigenvalue weighted by molar-refractivity contribution is 5.98. The quantitative estimate of drug-likeness (QED) is 0.852. The lowest BCUT2D eigenvalue weighted by Gasteiger charge is -2.25. The van der Waals surface area contributed by atoms with Crippen LogP contribution in [0.2, 0.25) is 0 Å². The Bertz CT molecular complexity index is 822. The third-order valence-electron chi connectivity index (χ3n) is 4.65. The van der Waals surface area contributed by atoms with Crippen molar-refractivity contribution in [1.82, 2.24) is 5.32 Å². The molecular formula is C22H26N2O3. The Morgan fingerprint density at radius 3 is 2.52 bits per heavy atom. The van der Waals surface area contributed by atoms with E-state index in [1.165, 1.54) is 5.56 Å². The van der Waals surface area contributed by atoms with Gasteiger partial charge in [0.1, 0.15) is 5.75 Å². The molecule has 1 aliphatic heterocycles. The van der Waals surface area contributed by atoms with Gasteiger partial charge in [-0.1, -0.05) is 57.2 Å². The van der Waals surface area contributed by atoms with Gasteiger partial charge in [0.15, 0.2) is 6.10 Å². The minimum atomic E-state index is -0.713. The number of nitrogens with one attached hydrogen (secondary N) is 2. The molecule has 0 radical (unpaired) electrons. The SMILES string of the molecule is CC(C)(C)c1ccc(CCC(=O)NCC2Oc3ccccc3NC2=O)cc1. The summed E-state index contributed by atoms with van der Waals surface area (Å²) in [7, 11) is 0. The van der Waals surface area contributed by atoms with Gasteiger partial charge in [-0.25, -0.2) is 0 Å². The van der Waals surface area contributed by atoms with Crippen LogP contribution in [0.1, 0.15) is 38.3 Å². The number of anilines is 1. The molecule has 0 fully saturated rings. The van der Waals surface area contributed by atoms with Crippen LogP contribution in [0.3, 0.4) is 0 Å². The second-order valence-corrected chi connectivity index (χ2v) is 7.84. The zero-order chi connectivity index (χ0) is 19.4. The first kappa shape index (κ1) is 19.0. The number of amides is 2. The number of carbonyl (C=O) groups excluding carboxylic acids is 2. The highest BCUT2D eigenvalue weighted by Crippen LogP contribution is 2.28. The molecule has 27 heavy (non-hydrogen) atoms. The summed E-state index contributed by atoms with van der Waals surface area (Å²) in [4.78, 5) is 24.2. The molecule has 5 heteroatoms. The molecule has 0 bridgehead atoms. The predicted molar refractivity (Wildman–Crippen MR) is 106 cm³/mol. The average molecular weight is 366 g/mol. The minimum Gasteiger partial charge on any atom is -0.477 e. The highest BCUT2D eigenvalue weighted by Gasteiger charge is 2.27. The van der Waals surface area contributed by atoms with Crippen LogP contribution >= 0.6 is 0 Å². The molecule has 0 aliphatic carbocycles. The van der Waals surface area contributed by atoms with Crippen molar-refractivity contribution in [3.8, 4) is 5.75 Å². The van der Waals surface area contributed by atoms with E-state index >= 15 is 0 Å². The normalized spacial score (nSPS) is 16.1. The van der Waals surface area contributed by atoms with Crippen LogP contribution < -0.4 is 15.4 Å². The molecule has 142 valence electrons. The van der Waals surface area contributed by atoms with E-state index in [0.29, 0.717) is 24.3 Å². The molecule has 1 atom stereocenters. The second-order valence-electron chi connectivity index (χ2n) is 7.84. The number of rotatable bonds is 5. The summed E-state index contributed by atoms with van der Waals surface area (Å²) >= 11 is 0. The number of benzene rings is 2. The summed E-state index contributed by atoms with van der Waals surface area (Å²) < 4.78 is 5.68. The predicted octanol–water partition coefficient (Wildman–Crippen LogP) is 3.43. The van der Waals surface area contributed by atoms with E-state index < -0.39 is 6.10 Å². The Balaban J connectivity index is 1.47. The fourth-order valence-electron chi connectivity index (χ4n) is 2.95. The number of carbonyl (C=O) groups is 2. The first-order valence-electron chi connectivity index (χ1n) is 9.25. The molecule has 0 saturated heterocycles. The lowest BCUT2D eigenvalue weighted by atomic mass is 9.86. The Morgan fingerprint density at radius 2 is 1.81 bits per heavy atom. The first-order chi connectivity index (χ1) is 12.8. The van der Waals surface area contributed by atoms with Crippen LogP contribution in [0.25, 0.3) is 0 Å². The molecule has 2 aromatic rings. The van der Waals surface area contributed by atoms with Crippen molar-refractivity contribution in [2.45, 2.75) is 45.1 Å². The van der Waals surface area contributed by atoms with Crippen molar-refractivity contribution in [1.29, 1.82) is 0 Å². The summed E-state index contributed by atoms with van der Waals surface area (Å²) in [5.74, 6) is 0.284. The van der Waals surface area contributed by atoms with Gasteiger partial charge in [-0.2, -0.15) is 0 Å². The first-order valence-corrected chi connectivity index (χ1v) is 9.25. The van der Waals surface area contributed by atoms with E-state index in [2.05, 4.69) is 55.7 Å². The maximum absolute atomic E-state index is 12.1. The monoisotopic (exact) mass is 366 g/mol. The largest absolute Gasteiger partial charge is 0.477 e. The molecule has 2 amide bonds. The third-order valence-corrected chi connectivity index (χ3v) is 4.65. The van der Waals surface area contributed by atoms with E-state index in [1.807, 2.05) is 12.1 Å². The Labute approximate surface area is 160 Å². The molecule has 1 unspecified atom stereocenters. The molecule has 2 aromatic carbocycles. The lowest BCUT2D eigenvalue weighted by Crippen LogP contribution is -2.45. The summed E-state index contributed by atoms with van der Waals surface area (Å²) in [6.07, 6.45) is 0.325. The van der Waals surface area contributed by atoms with E-state index in [0.717, 1.165) is 5.56 Å². The Kier molecular flexibility index (Phi) is 5.49. The molecule has 5 nitrogen and oxygen atoms in total. The highest BCUT2D eigenvalue weighted by atomic mass is 16.5. The van der Waals surface area contributed by atoms with Gasteiger partial charge in [0.05, 0.1) is 12.2 Å². The van der Waals surface area contributed by atoms with E-state index in [4.69, 9.17) is 4.74 Å². The van der Waals surface area contributed by atoms with Crippen molar-refractivity contribution >= 4 is 17.5 Å². The third kappa shape index (κ3) is 4.88. The molecule has 0 saturated carbocycles. The van der Waals surface area contributed by atoms with Gasteiger partial charge in [0.25, 0.3) is 5.91 Å². The standard InChI is InChI=1S/C22H26N2O3/c1-22(2,3)16-11-8-15(9-12-16)10-13-20(25)23-14-19-21(26)24-17-6-4-5-7-18(17)27-19/h4-9,11-12,19H,10,13-14H2,1-3H3,(H,23,25)(H,24,26). The number of aryl methyl sites for hydroxylation is 1. The summed E-state index contributed by atoms with van der Waals surface area (Å²) in [5, 5.41) is 5.59. The Morgan fingerprint density at radius 1 is 1.11 bits per heavy atom. The molecule has 1 heterocycles. The van der Waals surface area contributed by atoms with Crippen LogP contribution in [0.4, 0.5) is 5.69 Å². The van der Waals surface area contributed by atoms with Gasteiger partial charge in [0, 0.05) is 6.42 Å². The van der Waals surface area contributed by atoms with Crippen LogP contribution in [0, 0.1) is 0 Å². The number of hydrogen-bond donors (Lipinski definition) is 2. The van der Waals surface area contributed by atoms with Gasteiger partial charge >= 0.3 is 0 Å². The Hall–Kier alpha value is -2.82. The van der Waals surface area contributed by atoms with Crippen LogP contribution in [-0.2, 0) is 21.4 Å². The maximum atomic E-state index is 12.1. The van der Waals surface area contributed by atoms with Gasteiger partial charge in [0.2, 0.25) is 5.91 Å². The average Bonchev–Trinajstić information content (AvgIpc) is 2.64. The maximum Gasteiger partial charge on any atom is 0.267 e. The fourth-order valence-corrected chi connectivity index (χ4v) is 2.95. The van der Waals surface area contributed by atoms with Crippen molar-refractivity contribution in [2.75, 3.05) is 11.9 Å². The number of fused-ring (bicyclic) bond motifs is 1. The fraction of sp³-hybridized carbons (Fsp3) is 0.364. The number of ether oxygens (including phenoxy) is 1. The summed E-state index contributed by atoms with van der Waals surface area (Å²) in [6, 6.07) is 15.6. The smallest absolute Gasteiger partial charge is 0.267 e. The van der Waals surface area contributed by atoms with Gasteiger partial charge < -0.3 is 15.4 Å². The zero-order valence-electron chi connectivity index (χ0n) is 16.0. The van der Waals surface area contributed by atoms with Crippen LogP contribution in [0.5, 0.6) is 5.75 Å². The van der Waals surface area contributed by atoms with Crippen LogP contribution in [0.15, 0.2) is 48.5 Å². The number of hydrogen-bond acceptors (Lipinski definition) is 3. The molecule has 2 N–H and O–H groups in total. The molecule has 3 rings (SSSR count). The summed E-state index contributed by atoms with van der Waals surface area (Å²) in [5.41, 5.74) is 3.17. The van der Waals surface area contributed by atoms with Gasteiger partial charge in [-0.3, -0.25) is 9.59 Å². The van der Waals surface area contributed by atoms with E-state index in [1.54, 1.807) is 12.1 Å². The lowest BCUT2D eigenvalue weighted by molar-refractivity contribution is -0.125. The second kappa shape index (κ2) is 7.82. The van der Waals surface area contributed by atoms with Crippen molar-refractivity contribution < 1.29 is 14.3 Å². The van der Waals surface area contributed by atoms with Gasteiger partial charge in [-0.15, -0.1) is 0 Å². The summed E-state index contributed by atoms with van der Waals surface area (Å²) in [6.45, 7) is 6.69. The molecule has 0 aromatic heterocycles. The van der Waals surface area contributed by atoms with E-state index in [-0.39, 0.29) is 23.8 Å². The molecule has 0 spiro atoms. The van der Waals surface area contributed by atoms with Crippen LogP contribution in [-0.4, -0.2) is 24.5 Å². The zero-order valence-corrected chi connectivity index (χ0v) is 16.0. The van der Waals surface area contributed by atoms with Gasteiger partial charge in [-0.05, 0) is 35.1 Å². The number of para-hydroxylation sites is 2. The van der Waals surface area contributed by atoms with Crippen molar-refractivity contribution in [3.63, 3.8) is 0 Å². The molecular weight excluding hydrogens is 340 g/mol.